The van der Waals surface area contributed by atoms with E-state index in [0.29, 0.717) is 25.6 Å². The van der Waals surface area contributed by atoms with Crippen molar-refractivity contribution in [2.75, 3.05) is 13.6 Å². The Morgan fingerprint density at radius 2 is 2.12 bits per heavy atom. The summed E-state index contributed by atoms with van der Waals surface area (Å²) in [5.74, 6) is 0.885. The fraction of sp³-hybridized carbons (Fsp3) is 0.632. The van der Waals surface area contributed by atoms with Gasteiger partial charge in [0.05, 0.1) is 12.2 Å². The van der Waals surface area contributed by atoms with Gasteiger partial charge < -0.3 is 20.1 Å². The summed E-state index contributed by atoms with van der Waals surface area (Å²) in [6.45, 7) is 2.73. The summed E-state index contributed by atoms with van der Waals surface area (Å²) in [6.07, 6.45) is 6.59. The SMILES string of the molecule is CC(O)CCN(C)C(=O)NCc1cccc(OC2CCCCC2)c1. The average molecular weight is 334 g/mol. The third-order valence-corrected chi connectivity index (χ3v) is 4.43. The smallest absolute Gasteiger partial charge is 0.317 e. The fourth-order valence-corrected chi connectivity index (χ4v) is 2.90. The molecule has 5 nitrogen and oxygen atoms in total. The van der Waals surface area contributed by atoms with Gasteiger partial charge in [-0.2, -0.15) is 0 Å². The van der Waals surface area contributed by atoms with Crippen LogP contribution in [0.15, 0.2) is 24.3 Å². The van der Waals surface area contributed by atoms with E-state index in [0.717, 1.165) is 24.2 Å². The number of hydrogen-bond donors (Lipinski definition) is 2. The number of nitrogens with zero attached hydrogens (tertiary/aromatic N) is 1. The number of hydrogen-bond acceptors (Lipinski definition) is 3. The van der Waals surface area contributed by atoms with Crippen LogP contribution >= 0.6 is 0 Å². The Kier molecular flexibility index (Phi) is 7.37. The minimum atomic E-state index is -0.395. The molecule has 0 heterocycles. The number of aliphatic hydroxyl groups excluding tert-OH is 1. The van der Waals surface area contributed by atoms with E-state index in [9.17, 15) is 9.90 Å². The lowest BCUT2D eigenvalue weighted by atomic mass is 9.98. The third-order valence-electron chi connectivity index (χ3n) is 4.43. The Balaban J connectivity index is 1.79. The molecule has 1 saturated carbocycles. The predicted octanol–water partition coefficient (Wildman–Crippen LogP) is 3.31. The van der Waals surface area contributed by atoms with E-state index in [1.807, 2.05) is 24.3 Å². The first-order chi connectivity index (χ1) is 11.5. The number of carbonyl (C=O) groups excluding carboxylic acids is 1. The molecule has 1 aliphatic rings. The number of carbonyl (C=O) groups is 1. The standard InChI is InChI=1S/C19H30N2O3/c1-15(22)11-12-21(2)19(23)20-14-16-7-6-10-18(13-16)24-17-8-4-3-5-9-17/h6-7,10,13,15,17,22H,3-5,8-9,11-12,14H2,1-2H3,(H,20,23). The molecule has 1 atom stereocenters. The normalized spacial score (nSPS) is 16.5. The first-order valence-corrected chi connectivity index (χ1v) is 8.97. The maximum absolute atomic E-state index is 12.0. The van der Waals surface area contributed by atoms with Crippen LogP contribution in [-0.4, -0.2) is 41.8 Å². The summed E-state index contributed by atoms with van der Waals surface area (Å²) in [5.41, 5.74) is 1.03. The maximum Gasteiger partial charge on any atom is 0.317 e. The number of nitrogens with one attached hydrogen (secondary N) is 1. The first-order valence-electron chi connectivity index (χ1n) is 8.97. The molecule has 2 amide bonds. The summed E-state index contributed by atoms with van der Waals surface area (Å²) in [5, 5.41) is 12.2. The lowest BCUT2D eigenvalue weighted by Crippen LogP contribution is -2.38. The molecule has 134 valence electrons. The molecule has 0 radical (unpaired) electrons. The summed E-state index contributed by atoms with van der Waals surface area (Å²) >= 11 is 0. The van der Waals surface area contributed by atoms with Crippen molar-refractivity contribution in [2.45, 2.75) is 64.2 Å². The largest absolute Gasteiger partial charge is 0.490 e. The van der Waals surface area contributed by atoms with Crippen molar-refractivity contribution < 1.29 is 14.6 Å². The highest BCUT2D eigenvalue weighted by Gasteiger charge is 2.15. The van der Waals surface area contributed by atoms with Gasteiger partial charge in [-0.05, 0) is 56.7 Å². The van der Waals surface area contributed by atoms with Gasteiger partial charge in [0.15, 0.2) is 0 Å². The fourth-order valence-electron chi connectivity index (χ4n) is 2.90. The van der Waals surface area contributed by atoms with Crippen LogP contribution in [0.1, 0.15) is 51.0 Å². The number of benzene rings is 1. The van der Waals surface area contributed by atoms with Gasteiger partial charge in [0, 0.05) is 20.1 Å². The highest BCUT2D eigenvalue weighted by molar-refractivity contribution is 5.73. The van der Waals surface area contributed by atoms with Crippen LogP contribution < -0.4 is 10.1 Å². The maximum atomic E-state index is 12.0. The van der Waals surface area contributed by atoms with Crippen molar-refractivity contribution in [3.63, 3.8) is 0 Å². The minimum Gasteiger partial charge on any atom is -0.490 e. The van der Waals surface area contributed by atoms with Crippen LogP contribution in [0.2, 0.25) is 0 Å². The molecule has 2 N–H and O–H groups in total. The van der Waals surface area contributed by atoms with Crippen molar-refractivity contribution in [2.24, 2.45) is 0 Å². The first kappa shape index (κ1) is 18.6. The summed E-state index contributed by atoms with van der Waals surface area (Å²) in [4.78, 5) is 13.6. The van der Waals surface area contributed by atoms with Crippen LogP contribution in [0.5, 0.6) is 5.75 Å². The average Bonchev–Trinajstić information content (AvgIpc) is 2.58. The van der Waals surface area contributed by atoms with Crippen LogP contribution in [-0.2, 0) is 6.54 Å². The number of rotatable bonds is 7. The van der Waals surface area contributed by atoms with Crippen LogP contribution in [0.25, 0.3) is 0 Å². The highest BCUT2D eigenvalue weighted by Crippen LogP contribution is 2.23. The van der Waals surface area contributed by atoms with Gasteiger partial charge in [-0.15, -0.1) is 0 Å². The molecule has 0 aromatic heterocycles. The predicted molar refractivity (Wildman–Crippen MR) is 95.1 cm³/mol. The Hall–Kier alpha value is -1.75. The topological polar surface area (TPSA) is 61.8 Å². The summed E-state index contributed by atoms with van der Waals surface area (Å²) < 4.78 is 6.06. The Labute approximate surface area is 145 Å². The molecule has 2 rings (SSSR count). The zero-order valence-corrected chi connectivity index (χ0v) is 14.8. The van der Waals surface area contributed by atoms with E-state index in [1.54, 1.807) is 18.9 Å². The molecule has 5 heteroatoms. The molecule has 24 heavy (non-hydrogen) atoms. The van der Waals surface area contributed by atoms with E-state index in [2.05, 4.69) is 5.32 Å². The summed E-state index contributed by atoms with van der Waals surface area (Å²) in [6, 6.07) is 7.81. The van der Waals surface area contributed by atoms with Gasteiger partial charge in [0.2, 0.25) is 0 Å². The Morgan fingerprint density at radius 1 is 1.38 bits per heavy atom. The molecule has 0 bridgehead atoms. The van der Waals surface area contributed by atoms with Crippen LogP contribution in [0.4, 0.5) is 4.79 Å². The quantitative estimate of drug-likeness (QED) is 0.804. The molecule has 1 aromatic carbocycles. The van der Waals surface area contributed by atoms with Crippen LogP contribution in [0.3, 0.4) is 0 Å². The number of urea groups is 1. The van der Waals surface area contributed by atoms with Gasteiger partial charge in [0.25, 0.3) is 0 Å². The van der Waals surface area contributed by atoms with Crippen molar-refractivity contribution in [3.05, 3.63) is 29.8 Å². The van der Waals surface area contributed by atoms with Crippen molar-refractivity contribution in [1.29, 1.82) is 0 Å². The third kappa shape index (κ3) is 6.40. The number of aliphatic hydroxyl groups is 1. The van der Waals surface area contributed by atoms with E-state index in [-0.39, 0.29) is 6.03 Å². The molecule has 1 aliphatic carbocycles. The molecular formula is C19H30N2O3. The van der Waals surface area contributed by atoms with Gasteiger partial charge in [-0.1, -0.05) is 18.6 Å². The molecule has 1 aromatic rings. The molecule has 0 saturated heterocycles. The van der Waals surface area contributed by atoms with E-state index < -0.39 is 6.10 Å². The lowest BCUT2D eigenvalue weighted by molar-refractivity contribution is 0.154. The zero-order chi connectivity index (χ0) is 17.4. The van der Waals surface area contributed by atoms with E-state index in [4.69, 9.17) is 4.74 Å². The second-order valence-corrected chi connectivity index (χ2v) is 6.74. The zero-order valence-electron chi connectivity index (χ0n) is 14.8. The minimum absolute atomic E-state index is 0.130. The second kappa shape index (κ2) is 9.52. The lowest BCUT2D eigenvalue weighted by Gasteiger charge is -2.23. The second-order valence-electron chi connectivity index (χ2n) is 6.74. The Morgan fingerprint density at radius 3 is 2.83 bits per heavy atom. The van der Waals surface area contributed by atoms with Crippen LogP contribution in [0, 0.1) is 0 Å². The number of ether oxygens (including phenoxy) is 1. The molecule has 1 fully saturated rings. The molecule has 1 unspecified atom stereocenters. The van der Waals surface area contributed by atoms with Gasteiger partial charge in [0.1, 0.15) is 5.75 Å². The van der Waals surface area contributed by atoms with Crippen molar-refractivity contribution in [1.82, 2.24) is 10.2 Å². The van der Waals surface area contributed by atoms with E-state index in [1.165, 1.54) is 19.3 Å². The van der Waals surface area contributed by atoms with E-state index >= 15 is 0 Å². The highest BCUT2D eigenvalue weighted by atomic mass is 16.5. The monoisotopic (exact) mass is 334 g/mol. The van der Waals surface area contributed by atoms with Gasteiger partial charge >= 0.3 is 6.03 Å². The number of amides is 2. The molecular weight excluding hydrogens is 304 g/mol. The van der Waals surface area contributed by atoms with Gasteiger partial charge in [-0.25, -0.2) is 4.79 Å². The molecule has 0 aliphatic heterocycles. The Bertz CT molecular complexity index is 513. The van der Waals surface area contributed by atoms with Gasteiger partial charge in [-0.3, -0.25) is 0 Å². The molecule has 0 spiro atoms. The van der Waals surface area contributed by atoms with Crippen molar-refractivity contribution in [3.8, 4) is 5.75 Å². The summed E-state index contributed by atoms with van der Waals surface area (Å²) in [7, 11) is 1.74. The van der Waals surface area contributed by atoms with Crippen molar-refractivity contribution >= 4 is 6.03 Å².